The van der Waals surface area contributed by atoms with Crippen LogP contribution in [0, 0.1) is 0 Å². The predicted octanol–water partition coefficient (Wildman–Crippen LogP) is 11.9. The fraction of sp³-hybridized carbons (Fsp3) is 0. The summed E-state index contributed by atoms with van der Waals surface area (Å²) in [6.45, 7) is 0. The normalized spacial score (nSPS) is 11.8. The van der Waals surface area contributed by atoms with Gasteiger partial charge in [-0.25, -0.2) is 0 Å². The molecular weight excluding hydrogens is 504 g/mol. The lowest BCUT2D eigenvalue weighted by atomic mass is 9.86. The lowest BCUT2D eigenvalue weighted by Crippen LogP contribution is -1.90. The van der Waals surface area contributed by atoms with Gasteiger partial charge in [0, 0.05) is 0 Å². The van der Waals surface area contributed by atoms with Crippen LogP contribution >= 0.6 is 0 Å². The summed E-state index contributed by atoms with van der Waals surface area (Å²) in [7, 11) is 0. The second kappa shape index (κ2) is 9.03. The lowest BCUT2D eigenvalue weighted by Gasteiger charge is -2.17. The van der Waals surface area contributed by atoms with Crippen LogP contribution in [0.25, 0.3) is 86.9 Å². The van der Waals surface area contributed by atoms with E-state index in [0.29, 0.717) is 0 Å². The molecule has 0 aromatic heterocycles. The third-order valence-electron chi connectivity index (χ3n) is 9.00. The van der Waals surface area contributed by atoms with Gasteiger partial charge in [-0.3, -0.25) is 0 Å². The zero-order valence-electron chi connectivity index (χ0n) is 23.0. The molecule has 0 heteroatoms. The highest BCUT2D eigenvalue weighted by atomic mass is 14.2. The number of hydrogen-bond donors (Lipinski definition) is 0. The topological polar surface area (TPSA) is 0 Å². The minimum absolute atomic E-state index is 1.25. The van der Waals surface area contributed by atoms with E-state index in [4.69, 9.17) is 0 Å². The van der Waals surface area contributed by atoms with Crippen molar-refractivity contribution in [3.05, 3.63) is 158 Å². The van der Waals surface area contributed by atoms with Gasteiger partial charge < -0.3 is 0 Å². The molecular formula is C42H26. The van der Waals surface area contributed by atoms with Crippen molar-refractivity contribution in [1.82, 2.24) is 0 Å². The first-order valence-electron chi connectivity index (χ1n) is 14.6. The fourth-order valence-electron chi connectivity index (χ4n) is 7.06. The third-order valence-corrected chi connectivity index (χ3v) is 9.00. The van der Waals surface area contributed by atoms with Crippen molar-refractivity contribution in [1.29, 1.82) is 0 Å². The highest BCUT2D eigenvalue weighted by molar-refractivity contribution is 6.33. The van der Waals surface area contributed by atoms with Crippen LogP contribution in [-0.4, -0.2) is 0 Å². The van der Waals surface area contributed by atoms with Crippen molar-refractivity contribution < 1.29 is 0 Å². The van der Waals surface area contributed by atoms with Crippen LogP contribution in [0.5, 0.6) is 0 Å². The molecule has 0 radical (unpaired) electrons. The molecule has 0 N–H and O–H groups in total. The van der Waals surface area contributed by atoms with Crippen molar-refractivity contribution in [2.45, 2.75) is 0 Å². The van der Waals surface area contributed by atoms with Crippen LogP contribution in [0.1, 0.15) is 0 Å². The highest BCUT2D eigenvalue weighted by Gasteiger charge is 2.16. The van der Waals surface area contributed by atoms with Crippen molar-refractivity contribution in [3.8, 4) is 22.3 Å². The molecule has 0 bridgehead atoms. The monoisotopic (exact) mass is 530 g/mol. The zero-order chi connectivity index (χ0) is 27.6. The molecule has 0 aliphatic rings. The van der Waals surface area contributed by atoms with E-state index in [1.165, 1.54) is 86.9 Å². The second-order valence-corrected chi connectivity index (χ2v) is 11.3. The lowest BCUT2D eigenvalue weighted by molar-refractivity contribution is 1.69. The first-order chi connectivity index (χ1) is 20.8. The molecule has 0 heterocycles. The third kappa shape index (κ3) is 3.42. The van der Waals surface area contributed by atoms with Crippen LogP contribution in [0.3, 0.4) is 0 Å². The van der Waals surface area contributed by atoms with Gasteiger partial charge in [0.25, 0.3) is 0 Å². The van der Waals surface area contributed by atoms with Crippen LogP contribution in [0.15, 0.2) is 158 Å². The maximum Gasteiger partial charge on any atom is -0.00199 e. The van der Waals surface area contributed by atoms with E-state index in [1.807, 2.05) is 0 Å². The van der Waals surface area contributed by atoms with Gasteiger partial charge in [0.15, 0.2) is 0 Å². The van der Waals surface area contributed by atoms with Gasteiger partial charge in [-0.05, 0) is 105 Å². The zero-order valence-corrected chi connectivity index (χ0v) is 23.0. The SMILES string of the molecule is c1ccc2cc(-c3cc4c5ccccc5c5cc(-c6cccc7ccccc67)ccc5c4c4ccccc34)ccc2c1. The molecule has 0 saturated carbocycles. The maximum atomic E-state index is 2.43. The van der Waals surface area contributed by atoms with Crippen molar-refractivity contribution in [3.63, 3.8) is 0 Å². The summed E-state index contributed by atoms with van der Waals surface area (Å²) in [5.74, 6) is 0. The van der Waals surface area contributed by atoms with E-state index < -0.39 is 0 Å². The molecule has 0 fully saturated rings. The number of rotatable bonds is 2. The average Bonchev–Trinajstić information content (AvgIpc) is 3.07. The van der Waals surface area contributed by atoms with Crippen LogP contribution in [0.4, 0.5) is 0 Å². The van der Waals surface area contributed by atoms with Gasteiger partial charge in [0.1, 0.15) is 0 Å². The van der Waals surface area contributed by atoms with Gasteiger partial charge in [-0.2, -0.15) is 0 Å². The first-order valence-corrected chi connectivity index (χ1v) is 14.6. The molecule has 0 nitrogen and oxygen atoms in total. The van der Waals surface area contributed by atoms with E-state index in [0.717, 1.165) is 0 Å². The molecule has 194 valence electrons. The second-order valence-electron chi connectivity index (χ2n) is 11.3. The summed E-state index contributed by atoms with van der Waals surface area (Å²) in [6.07, 6.45) is 0. The Kier molecular flexibility index (Phi) is 5.00. The van der Waals surface area contributed by atoms with Gasteiger partial charge in [-0.1, -0.05) is 140 Å². The van der Waals surface area contributed by atoms with E-state index in [-0.39, 0.29) is 0 Å². The summed E-state index contributed by atoms with van der Waals surface area (Å²) in [6, 6.07) is 58.1. The molecule has 42 heavy (non-hydrogen) atoms. The molecule has 0 spiro atoms. The number of fused-ring (bicyclic) bond motifs is 10. The summed E-state index contributed by atoms with van der Waals surface area (Å²) in [4.78, 5) is 0. The van der Waals surface area contributed by atoms with Gasteiger partial charge in [-0.15, -0.1) is 0 Å². The Balaban J connectivity index is 1.40. The number of benzene rings is 9. The predicted molar refractivity (Wildman–Crippen MR) is 182 cm³/mol. The molecule has 0 aliphatic heterocycles. The standard InChI is InChI=1S/C42H26/c1-2-12-29-24-30(21-20-27(29)10-1)39-26-41-35-16-6-5-15-34(35)40-25-31(33-19-9-13-28-11-3-4-14-32(28)33)22-23-38(40)42(41)37-18-8-7-17-36(37)39/h1-26H. The molecule has 0 aliphatic carbocycles. The minimum Gasteiger partial charge on any atom is -0.0616 e. The summed E-state index contributed by atoms with van der Waals surface area (Å²) >= 11 is 0. The average molecular weight is 531 g/mol. The highest BCUT2D eigenvalue weighted by Crippen LogP contribution is 2.44. The quantitative estimate of drug-likeness (QED) is 0.195. The summed E-state index contributed by atoms with van der Waals surface area (Å²) in [5.41, 5.74) is 5.06. The maximum absolute atomic E-state index is 2.43. The smallest absolute Gasteiger partial charge is 0.00199 e. The summed E-state index contributed by atoms with van der Waals surface area (Å²) < 4.78 is 0. The Labute approximate surface area is 244 Å². The van der Waals surface area contributed by atoms with Crippen molar-refractivity contribution in [2.24, 2.45) is 0 Å². The van der Waals surface area contributed by atoms with Crippen LogP contribution in [-0.2, 0) is 0 Å². The van der Waals surface area contributed by atoms with Gasteiger partial charge in [0.05, 0.1) is 0 Å². The van der Waals surface area contributed by atoms with E-state index in [2.05, 4.69) is 158 Å². The molecule has 0 amide bonds. The van der Waals surface area contributed by atoms with E-state index in [1.54, 1.807) is 0 Å². The van der Waals surface area contributed by atoms with Crippen LogP contribution < -0.4 is 0 Å². The van der Waals surface area contributed by atoms with Crippen molar-refractivity contribution >= 4 is 64.6 Å². The largest absolute Gasteiger partial charge is 0.0616 e. The fourth-order valence-corrected chi connectivity index (χ4v) is 7.06. The Morgan fingerprint density at radius 1 is 0.238 bits per heavy atom. The summed E-state index contributed by atoms with van der Waals surface area (Å²) in [5, 5.41) is 15.5. The van der Waals surface area contributed by atoms with Crippen LogP contribution in [0.2, 0.25) is 0 Å². The molecule has 9 aromatic carbocycles. The molecule has 0 unspecified atom stereocenters. The Morgan fingerprint density at radius 2 is 0.810 bits per heavy atom. The first kappa shape index (κ1) is 23.3. The van der Waals surface area contributed by atoms with E-state index >= 15 is 0 Å². The van der Waals surface area contributed by atoms with Gasteiger partial charge >= 0.3 is 0 Å². The molecule has 9 aromatic rings. The van der Waals surface area contributed by atoms with Gasteiger partial charge in [0.2, 0.25) is 0 Å². The molecule has 9 rings (SSSR count). The Bertz CT molecular complexity index is 2510. The Hall–Kier alpha value is -5.46. The molecule has 0 saturated heterocycles. The van der Waals surface area contributed by atoms with E-state index in [9.17, 15) is 0 Å². The minimum atomic E-state index is 1.25. The Morgan fingerprint density at radius 3 is 1.64 bits per heavy atom. The van der Waals surface area contributed by atoms with Crippen molar-refractivity contribution in [2.75, 3.05) is 0 Å². The number of hydrogen-bond acceptors (Lipinski definition) is 0. The molecule has 0 atom stereocenters.